The molecule has 0 aliphatic carbocycles. The lowest BCUT2D eigenvalue weighted by molar-refractivity contribution is -0.144. The van der Waals surface area contributed by atoms with Crippen LogP contribution in [0.3, 0.4) is 0 Å². The van der Waals surface area contributed by atoms with Crippen molar-refractivity contribution in [1.29, 1.82) is 0 Å². The fourth-order valence-electron chi connectivity index (χ4n) is 4.09. The van der Waals surface area contributed by atoms with Gasteiger partial charge in [-0.05, 0) is 17.5 Å². The Labute approximate surface area is 179 Å². The second kappa shape index (κ2) is 7.77. The molecule has 1 fully saturated rings. The van der Waals surface area contributed by atoms with Crippen LogP contribution in [-0.2, 0) is 9.59 Å². The molecule has 10 nitrogen and oxygen atoms in total. The van der Waals surface area contributed by atoms with E-state index in [1.165, 1.54) is 16.6 Å². The highest BCUT2D eigenvalue weighted by atomic mass is 16.3. The Balaban J connectivity index is 1.67. The molecule has 1 saturated heterocycles. The summed E-state index contributed by atoms with van der Waals surface area (Å²) in [5, 5.41) is 21.2. The number of aliphatic hydroxyl groups is 1. The van der Waals surface area contributed by atoms with Gasteiger partial charge in [-0.15, -0.1) is 5.10 Å². The second-order valence-electron chi connectivity index (χ2n) is 8.95. The summed E-state index contributed by atoms with van der Waals surface area (Å²) in [5.74, 6) is -0.564. The van der Waals surface area contributed by atoms with Gasteiger partial charge in [0.05, 0.1) is 12.3 Å². The van der Waals surface area contributed by atoms with E-state index >= 15 is 0 Å². The van der Waals surface area contributed by atoms with Crippen molar-refractivity contribution in [3.63, 3.8) is 0 Å². The highest BCUT2D eigenvalue weighted by molar-refractivity contribution is 5.90. The van der Waals surface area contributed by atoms with E-state index in [9.17, 15) is 14.7 Å². The number of carbonyl (C=O) groups is 2. The van der Waals surface area contributed by atoms with Gasteiger partial charge in [0.25, 0.3) is 0 Å². The number of carbonyl (C=O) groups excluding carboxylic acids is 2. The van der Waals surface area contributed by atoms with Gasteiger partial charge in [-0.3, -0.25) is 9.59 Å². The molecule has 4 rings (SSSR count). The number of aromatic nitrogens is 5. The van der Waals surface area contributed by atoms with Crippen LogP contribution < -0.4 is 5.32 Å². The lowest BCUT2D eigenvalue weighted by atomic mass is 9.85. The highest BCUT2D eigenvalue weighted by Crippen LogP contribution is 2.34. The van der Waals surface area contributed by atoms with Crippen molar-refractivity contribution in [2.24, 2.45) is 5.41 Å². The lowest BCUT2D eigenvalue weighted by Crippen LogP contribution is -2.49. The normalized spacial score (nSPS) is 20.2. The number of imidazole rings is 1. The summed E-state index contributed by atoms with van der Waals surface area (Å²) in [4.78, 5) is 31.9. The van der Waals surface area contributed by atoms with Crippen molar-refractivity contribution in [3.8, 4) is 11.4 Å². The van der Waals surface area contributed by atoms with Gasteiger partial charge in [-0.1, -0.05) is 32.1 Å². The smallest absolute Gasteiger partial charge is 0.248 e. The van der Waals surface area contributed by atoms with Gasteiger partial charge in [0.15, 0.2) is 0 Å². The minimum atomic E-state index is -0.740. The zero-order chi connectivity index (χ0) is 22.3. The molecule has 0 bridgehead atoms. The summed E-state index contributed by atoms with van der Waals surface area (Å²) in [6, 6.07) is 4.30. The van der Waals surface area contributed by atoms with Crippen LogP contribution in [0.1, 0.15) is 33.2 Å². The van der Waals surface area contributed by atoms with Gasteiger partial charge >= 0.3 is 0 Å². The number of nitrogens with zero attached hydrogens (tertiary/aromatic N) is 6. The number of likely N-dealkylation sites (N-methyl/N-ethyl adjacent to an activating group) is 1. The van der Waals surface area contributed by atoms with Gasteiger partial charge in [-0.2, -0.15) is 0 Å². The topological polar surface area (TPSA) is 118 Å². The summed E-state index contributed by atoms with van der Waals surface area (Å²) in [6.45, 7) is 5.91. The quantitative estimate of drug-likeness (QED) is 0.641. The molecule has 1 aliphatic heterocycles. The third-order valence-electron chi connectivity index (χ3n) is 5.57. The molecular formula is C21H27N7O3. The van der Waals surface area contributed by atoms with Crippen LogP contribution in [-0.4, -0.2) is 71.9 Å². The minimum absolute atomic E-state index is 0.109. The molecule has 2 unspecified atom stereocenters. The van der Waals surface area contributed by atoms with E-state index in [4.69, 9.17) is 0 Å². The van der Waals surface area contributed by atoms with Gasteiger partial charge < -0.3 is 19.7 Å². The van der Waals surface area contributed by atoms with Crippen molar-refractivity contribution < 1.29 is 14.7 Å². The molecule has 1 aliphatic rings. The van der Waals surface area contributed by atoms with Crippen LogP contribution in [0.4, 0.5) is 0 Å². The van der Waals surface area contributed by atoms with Crippen LogP contribution in [0.2, 0.25) is 0 Å². The highest BCUT2D eigenvalue weighted by Gasteiger charge is 2.45. The summed E-state index contributed by atoms with van der Waals surface area (Å²) in [6.07, 6.45) is 4.94. The Kier molecular flexibility index (Phi) is 5.26. The standard InChI is InChI=1S/C21H27N7O3/c1-21(2,3)18(20(31)27-10-13(29)9-16(27)19(30)22-4)28-12-15(24-25-28)14-11-26-8-6-5-7-17(26)23-14/h5-8,11-13,16,18,29H,9-10H2,1-4H3,(H,22,30)/t13?,16-,18?/m1/s1. The number of β-amino-alcohol motifs (C(OH)–C–C–N with tert-alkyl or cyclic N) is 1. The zero-order valence-corrected chi connectivity index (χ0v) is 18.1. The number of amides is 2. The lowest BCUT2D eigenvalue weighted by Gasteiger charge is -2.34. The van der Waals surface area contributed by atoms with Crippen molar-refractivity contribution >= 4 is 17.5 Å². The SMILES string of the molecule is CNC(=O)[C@H]1CC(O)CN1C(=O)C(n1cc(-c2cn3ccccc3n2)nn1)C(C)(C)C. The first-order chi connectivity index (χ1) is 14.7. The first-order valence-electron chi connectivity index (χ1n) is 10.2. The monoisotopic (exact) mass is 425 g/mol. The van der Waals surface area contributed by atoms with Crippen LogP contribution in [0, 0.1) is 5.41 Å². The summed E-state index contributed by atoms with van der Waals surface area (Å²) in [5.41, 5.74) is 1.48. The van der Waals surface area contributed by atoms with Crippen LogP contribution >= 0.6 is 0 Å². The van der Waals surface area contributed by atoms with Crippen molar-refractivity contribution in [2.45, 2.75) is 45.4 Å². The number of likely N-dealkylation sites (tertiary alicyclic amines) is 1. The number of pyridine rings is 1. The van der Waals surface area contributed by atoms with Crippen molar-refractivity contribution in [1.82, 2.24) is 34.6 Å². The van der Waals surface area contributed by atoms with E-state index in [0.717, 1.165) is 5.65 Å². The van der Waals surface area contributed by atoms with E-state index < -0.39 is 23.6 Å². The maximum absolute atomic E-state index is 13.6. The molecule has 164 valence electrons. The third kappa shape index (κ3) is 3.90. The predicted octanol–water partition coefficient (Wildman–Crippen LogP) is 0.888. The number of hydrogen-bond acceptors (Lipinski definition) is 6. The minimum Gasteiger partial charge on any atom is -0.391 e. The second-order valence-corrected chi connectivity index (χ2v) is 8.95. The first kappa shape index (κ1) is 21.0. The molecule has 2 N–H and O–H groups in total. The number of aliphatic hydroxyl groups excluding tert-OH is 1. The summed E-state index contributed by atoms with van der Waals surface area (Å²) in [7, 11) is 1.52. The van der Waals surface area contributed by atoms with E-state index in [1.54, 1.807) is 6.20 Å². The van der Waals surface area contributed by atoms with Crippen molar-refractivity contribution in [2.75, 3.05) is 13.6 Å². The predicted molar refractivity (Wildman–Crippen MR) is 113 cm³/mol. The number of nitrogens with one attached hydrogen (secondary N) is 1. The van der Waals surface area contributed by atoms with E-state index in [-0.39, 0.29) is 24.8 Å². The average molecular weight is 425 g/mol. The van der Waals surface area contributed by atoms with Crippen LogP contribution in [0.5, 0.6) is 0 Å². The molecule has 2 amide bonds. The molecule has 3 atom stereocenters. The molecular weight excluding hydrogens is 398 g/mol. The van der Waals surface area contributed by atoms with Gasteiger partial charge in [0.1, 0.15) is 29.1 Å². The van der Waals surface area contributed by atoms with E-state index in [0.29, 0.717) is 11.4 Å². The van der Waals surface area contributed by atoms with E-state index in [2.05, 4.69) is 20.6 Å². The summed E-state index contributed by atoms with van der Waals surface area (Å²) >= 11 is 0. The van der Waals surface area contributed by atoms with E-state index in [1.807, 2.05) is 55.8 Å². The number of rotatable bonds is 4. The van der Waals surface area contributed by atoms with Gasteiger partial charge in [-0.25, -0.2) is 9.67 Å². The fraction of sp³-hybridized carbons (Fsp3) is 0.476. The first-order valence-corrected chi connectivity index (χ1v) is 10.2. The number of fused-ring (bicyclic) bond motifs is 1. The molecule has 10 heteroatoms. The largest absolute Gasteiger partial charge is 0.391 e. The average Bonchev–Trinajstić information content (AvgIpc) is 3.43. The summed E-state index contributed by atoms with van der Waals surface area (Å²) < 4.78 is 3.42. The Morgan fingerprint density at radius 2 is 2.00 bits per heavy atom. The molecule has 3 aromatic rings. The molecule has 0 aromatic carbocycles. The third-order valence-corrected chi connectivity index (χ3v) is 5.57. The maximum Gasteiger partial charge on any atom is 0.248 e. The molecule has 0 saturated carbocycles. The molecule has 0 radical (unpaired) electrons. The van der Waals surface area contributed by atoms with Crippen LogP contribution in [0.25, 0.3) is 17.0 Å². The Bertz CT molecular complexity index is 1080. The zero-order valence-electron chi connectivity index (χ0n) is 18.1. The van der Waals surface area contributed by atoms with Gasteiger partial charge in [0.2, 0.25) is 11.8 Å². The van der Waals surface area contributed by atoms with Gasteiger partial charge in [0, 0.05) is 32.4 Å². The Hall–Kier alpha value is -3.27. The molecule has 0 spiro atoms. The Morgan fingerprint density at radius 3 is 2.68 bits per heavy atom. The maximum atomic E-state index is 13.6. The molecule has 4 heterocycles. The molecule has 31 heavy (non-hydrogen) atoms. The molecule has 3 aromatic heterocycles. The Morgan fingerprint density at radius 1 is 1.23 bits per heavy atom. The fourth-order valence-corrected chi connectivity index (χ4v) is 4.09. The number of hydrogen-bond donors (Lipinski definition) is 2. The van der Waals surface area contributed by atoms with Crippen molar-refractivity contribution in [3.05, 3.63) is 36.8 Å². The van der Waals surface area contributed by atoms with Crippen LogP contribution in [0.15, 0.2) is 36.8 Å².